The Labute approximate surface area is 221 Å². The minimum atomic E-state index is -1.11. The van der Waals surface area contributed by atoms with Gasteiger partial charge in [0, 0.05) is 32.7 Å². The van der Waals surface area contributed by atoms with Crippen LogP contribution in [0.25, 0.3) is 0 Å². The van der Waals surface area contributed by atoms with Gasteiger partial charge in [0.25, 0.3) is 0 Å². The highest BCUT2D eigenvalue weighted by atomic mass is 16.7. The first kappa shape index (κ1) is 25.7. The van der Waals surface area contributed by atoms with Gasteiger partial charge in [0.15, 0.2) is 28.9 Å². The Hall–Kier alpha value is -3.99. The molecule has 5 rings (SSSR count). The van der Waals surface area contributed by atoms with Crippen molar-refractivity contribution >= 4 is 17.8 Å². The van der Waals surface area contributed by atoms with Crippen molar-refractivity contribution in [1.29, 1.82) is 0 Å². The van der Waals surface area contributed by atoms with Gasteiger partial charge in [-0.2, -0.15) is 0 Å². The number of carbonyl (C=O) groups is 2. The van der Waals surface area contributed by atoms with Crippen LogP contribution in [0.3, 0.4) is 0 Å². The number of aliphatic imine (C=N–C) groups is 1. The van der Waals surface area contributed by atoms with Crippen molar-refractivity contribution < 1.29 is 33.3 Å². The highest BCUT2D eigenvalue weighted by molar-refractivity contribution is 6.08. The van der Waals surface area contributed by atoms with Crippen LogP contribution in [0, 0.1) is 5.92 Å². The van der Waals surface area contributed by atoms with Crippen LogP contribution in [0.4, 0.5) is 0 Å². The predicted molar refractivity (Wildman–Crippen MR) is 137 cm³/mol. The second-order valence-corrected chi connectivity index (χ2v) is 9.18. The molecule has 1 saturated heterocycles. The monoisotopic (exact) mass is 524 g/mol. The van der Waals surface area contributed by atoms with Crippen LogP contribution in [-0.2, 0) is 20.9 Å². The quantitative estimate of drug-likeness (QED) is 0.429. The number of nitrogens with zero attached hydrogens (tertiary/aromatic N) is 3. The highest BCUT2D eigenvalue weighted by Crippen LogP contribution is 2.37. The molecule has 38 heavy (non-hydrogen) atoms. The Kier molecular flexibility index (Phi) is 7.54. The maximum Gasteiger partial charge on any atom is 0.321 e. The fourth-order valence-electron chi connectivity index (χ4n) is 4.92. The lowest BCUT2D eigenvalue weighted by molar-refractivity contribution is -0.153. The first-order valence-electron chi connectivity index (χ1n) is 12.6. The van der Waals surface area contributed by atoms with E-state index in [0.29, 0.717) is 36.1 Å². The lowest BCUT2D eigenvalue weighted by Crippen LogP contribution is -2.57. The molecular formula is C27H32N4O7. The fourth-order valence-corrected chi connectivity index (χ4v) is 4.92. The van der Waals surface area contributed by atoms with Gasteiger partial charge in [-0.3, -0.25) is 19.8 Å². The summed E-state index contributed by atoms with van der Waals surface area (Å²) in [6.45, 7) is 5.83. The summed E-state index contributed by atoms with van der Waals surface area (Å²) < 4.78 is 26.9. The summed E-state index contributed by atoms with van der Waals surface area (Å²) in [6, 6.07) is 10.5. The molecule has 1 fully saturated rings. The lowest BCUT2D eigenvalue weighted by atomic mass is 9.91. The molecule has 202 valence electrons. The molecule has 3 heterocycles. The van der Waals surface area contributed by atoms with Crippen LogP contribution in [0.1, 0.15) is 24.1 Å². The van der Waals surface area contributed by atoms with Gasteiger partial charge in [0.1, 0.15) is 6.04 Å². The van der Waals surface area contributed by atoms with E-state index in [9.17, 15) is 9.59 Å². The third kappa shape index (κ3) is 5.19. The number of guanidine groups is 1. The van der Waals surface area contributed by atoms with Crippen molar-refractivity contribution in [3.63, 3.8) is 0 Å². The van der Waals surface area contributed by atoms with Crippen LogP contribution in [0.5, 0.6) is 23.0 Å². The van der Waals surface area contributed by atoms with Crippen molar-refractivity contribution in [2.24, 2.45) is 10.9 Å². The molecule has 0 spiro atoms. The maximum atomic E-state index is 13.2. The molecule has 0 unspecified atom stereocenters. The van der Waals surface area contributed by atoms with Gasteiger partial charge >= 0.3 is 5.97 Å². The van der Waals surface area contributed by atoms with E-state index in [4.69, 9.17) is 28.7 Å². The van der Waals surface area contributed by atoms with E-state index in [2.05, 4.69) is 16.3 Å². The Balaban J connectivity index is 1.33. The van der Waals surface area contributed by atoms with Gasteiger partial charge in [-0.05, 0) is 42.3 Å². The van der Waals surface area contributed by atoms with Crippen molar-refractivity contribution in [2.45, 2.75) is 19.5 Å². The Morgan fingerprint density at radius 3 is 2.53 bits per heavy atom. The number of amides is 1. The summed E-state index contributed by atoms with van der Waals surface area (Å²) in [5.41, 5.74) is 1.81. The first-order valence-corrected chi connectivity index (χ1v) is 12.6. The van der Waals surface area contributed by atoms with Crippen LogP contribution in [0.15, 0.2) is 41.4 Å². The number of piperazine rings is 1. The minimum Gasteiger partial charge on any atom is -0.493 e. The number of ether oxygens (including phenoxy) is 5. The van der Waals surface area contributed by atoms with Gasteiger partial charge in [-0.15, -0.1) is 0 Å². The number of hydrogen-bond donors (Lipinski definition) is 1. The third-order valence-electron chi connectivity index (χ3n) is 6.90. The standard InChI is InChI=1S/C27H32N4O7/c1-4-36-26(33)23-24(18-6-8-19(34-2)21(14-18)35-3)28-27(29-25(23)32)31-11-9-30(10-12-31)15-17-5-7-20-22(13-17)38-16-37-20/h5-8,13-14,23-24H,4,9-12,15-16H2,1-3H3,(H,28,29,32)/t23-,24-/m1/s1. The van der Waals surface area contributed by atoms with Crippen molar-refractivity contribution in [3.05, 3.63) is 47.5 Å². The minimum absolute atomic E-state index is 0.170. The molecule has 0 bridgehead atoms. The molecule has 3 aliphatic heterocycles. The normalized spacial score (nSPS) is 21.0. The number of benzene rings is 2. The topological polar surface area (TPSA) is 111 Å². The van der Waals surface area contributed by atoms with Crippen molar-refractivity contribution in [2.75, 3.05) is 53.8 Å². The zero-order valence-electron chi connectivity index (χ0n) is 21.8. The highest BCUT2D eigenvalue weighted by Gasteiger charge is 2.42. The average Bonchev–Trinajstić information content (AvgIpc) is 3.40. The summed E-state index contributed by atoms with van der Waals surface area (Å²) in [5.74, 6) is 0.895. The number of methoxy groups -OCH3 is 2. The molecule has 1 amide bonds. The van der Waals surface area contributed by atoms with E-state index in [-0.39, 0.29) is 13.4 Å². The van der Waals surface area contributed by atoms with Crippen LogP contribution in [0.2, 0.25) is 0 Å². The number of nitrogens with one attached hydrogen (secondary N) is 1. The molecule has 2 aromatic rings. The van der Waals surface area contributed by atoms with Gasteiger partial charge < -0.3 is 28.6 Å². The summed E-state index contributed by atoms with van der Waals surface area (Å²) >= 11 is 0. The van der Waals surface area contributed by atoms with Crippen LogP contribution >= 0.6 is 0 Å². The summed E-state index contributed by atoms with van der Waals surface area (Å²) in [4.78, 5) is 35.2. The van der Waals surface area contributed by atoms with Gasteiger partial charge in [-0.25, -0.2) is 4.99 Å². The summed E-state index contributed by atoms with van der Waals surface area (Å²) in [7, 11) is 3.09. The smallest absolute Gasteiger partial charge is 0.321 e. The largest absolute Gasteiger partial charge is 0.493 e. The van der Waals surface area contributed by atoms with Crippen molar-refractivity contribution in [1.82, 2.24) is 15.1 Å². The first-order chi connectivity index (χ1) is 18.5. The van der Waals surface area contributed by atoms with E-state index in [0.717, 1.165) is 36.7 Å². The molecule has 2 atom stereocenters. The molecule has 11 nitrogen and oxygen atoms in total. The van der Waals surface area contributed by atoms with Crippen LogP contribution in [-0.4, -0.2) is 81.4 Å². The number of fused-ring (bicyclic) bond motifs is 1. The lowest BCUT2D eigenvalue weighted by Gasteiger charge is -2.39. The van der Waals surface area contributed by atoms with Crippen molar-refractivity contribution in [3.8, 4) is 23.0 Å². The predicted octanol–water partition coefficient (Wildman–Crippen LogP) is 1.96. The molecule has 0 aromatic heterocycles. The fraction of sp³-hybridized carbons (Fsp3) is 0.444. The molecular weight excluding hydrogens is 492 g/mol. The maximum absolute atomic E-state index is 13.2. The van der Waals surface area contributed by atoms with E-state index in [1.807, 2.05) is 17.0 Å². The molecule has 0 aliphatic carbocycles. The summed E-state index contributed by atoms with van der Waals surface area (Å²) in [6.07, 6.45) is 0. The molecule has 11 heteroatoms. The SMILES string of the molecule is CCOC(=O)[C@H]1C(=O)NC(N2CCN(Cc3ccc4c(c3)OCO4)CC2)=N[C@@H]1c1ccc(OC)c(OC)c1. The zero-order chi connectivity index (χ0) is 26.6. The van der Waals surface area contributed by atoms with Gasteiger partial charge in [0.2, 0.25) is 18.7 Å². The average molecular weight is 525 g/mol. The molecule has 3 aliphatic rings. The molecule has 1 N–H and O–H groups in total. The number of carbonyl (C=O) groups excluding carboxylic acids is 2. The van der Waals surface area contributed by atoms with E-state index in [1.165, 1.54) is 7.11 Å². The molecule has 0 saturated carbocycles. The van der Waals surface area contributed by atoms with E-state index >= 15 is 0 Å². The Morgan fingerprint density at radius 1 is 1.03 bits per heavy atom. The second kappa shape index (κ2) is 11.2. The molecule has 2 aromatic carbocycles. The third-order valence-corrected chi connectivity index (χ3v) is 6.90. The second-order valence-electron chi connectivity index (χ2n) is 9.18. The summed E-state index contributed by atoms with van der Waals surface area (Å²) in [5, 5.41) is 2.85. The van der Waals surface area contributed by atoms with Gasteiger partial charge in [0.05, 0.1) is 20.8 Å². The van der Waals surface area contributed by atoms with Gasteiger partial charge in [-0.1, -0.05) is 12.1 Å². The Bertz CT molecular complexity index is 1230. The number of esters is 1. The van der Waals surface area contributed by atoms with E-state index in [1.54, 1.807) is 32.2 Å². The molecule has 0 radical (unpaired) electrons. The zero-order valence-corrected chi connectivity index (χ0v) is 21.8. The van der Waals surface area contributed by atoms with E-state index < -0.39 is 23.8 Å². The van der Waals surface area contributed by atoms with Crippen LogP contribution < -0.4 is 24.3 Å². The number of hydrogen-bond acceptors (Lipinski definition) is 10. The number of rotatable bonds is 7. The Morgan fingerprint density at radius 2 is 1.79 bits per heavy atom.